The van der Waals surface area contributed by atoms with E-state index < -0.39 is 10.0 Å². The minimum atomic E-state index is -3.82. The Morgan fingerprint density at radius 1 is 1.03 bits per heavy atom. The summed E-state index contributed by atoms with van der Waals surface area (Å²) in [6, 6.07) is 26.6. The van der Waals surface area contributed by atoms with Gasteiger partial charge in [0.15, 0.2) is 0 Å². The van der Waals surface area contributed by atoms with Crippen LogP contribution in [-0.2, 0) is 14.8 Å². The number of primary sulfonamides is 1. The fourth-order valence-corrected chi connectivity index (χ4v) is 4.87. The molecule has 0 aliphatic heterocycles. The molecule has 0 aliphatic rings. The van der Waals surface area contributed by atoms with Crippen molar-refractivity contribution in [1.82, 2.24) is 4.98 Å². The first-order chi connectivity index (χ1) is 17.8. The minimum absolute atomic E-state index is 0.0150. The Hall–Kier alpha value is -4.17. The number of hydrogen-bond acceptors (Lipinski definition) is 7. The lowest BCUT2D eigenvalue weighted by atomic mass is 9.99. The number of methoxy groups -OCH3 is 1. The van der Waals surface area contributed by atoms with Gasteiger partial charge in [0.25, 0.3) is 0 Å². The van der Waals surface area contributed by atoms with Gasteiger partial charge in [0.2, 0.25) is 15.9 Å². The number of benzene rings is 3. The molecule has 37 heavy (non-hydrogen) atoms. The Morgan fingerprint density at radius 2 is 1.70 bits per heavy atom. The SMILES string of the molecule is COc1ccc(-c2cc(-c3ccccc3)nc(SCC(=O)Nc3ccc(S(N)(=O)=O)cc3)c2C#N)cc1. The van der Waals surface area contributed by atoms with Crippen molar-refractivity contribution in [2.45, 2.75) is 9.92 Å². The van der Waals surface area contributed by atoms with Crippen LogP contribution in [0.15, 0.2) is 94.9 Å². The molecule has 8 nitrogen and oxygen atoms in total. The second kappa shape index (κ2) is 11.3. The van der Waals surface area contributed by atoms with E-state index in [1.54, 1.807) is 7.11 Å². The molecular weight excluding hydrogens is 508 g/mol. The van der Waals surface area contributed by atoms with E-state index in [0.29, 0.717) is 33.3 Å². The fourth-order valence-electron chi connectivity index (χ4n) is 3.55. The zero-order valence-corrected chi connectivity index (χ0v) is 21.3. The van der Waals surface area contributed by atoms with Crippen LogP contribution in [0.5, 0.6) is 5.75 Å². The van der Waals surface area contributed by atoms with E-state index in [9.17, 15) is 18.5 Å². The van der Waals surface area contributed by atoms with Gasteiger partial charge < -0.3 is 10.1 Å². The number of nitrogens with one attached hydrogen (secondary N) is 1. The Balaban J connectivity index is 1.63. The van der Waals surface area contributed by atoms with Crippen molar-refractivity contribution >= 4 is 33.4 Å². The molecule has 0 spiro atoms. The lowest BCUT2D eigenvalue weighted by Gasteiger charge is -2.13. The van der Waals surface area contributed by atoms with Crippen LogP contribution in [0.4, 0.5) is 5.69 Å². The zero-order valence-electron chi connectivity index (χ0n) is 19.7. The summed E-state index contributed by atoms with van der Waals surface area (Å²) in [5.41, 5.74) is 3.84. The number of sulfonamides is 1. The largest absolute Gasteiger partial charge is 0.497 e. The van der Waals surface area contributed by atoms with Gasteiger partial charge in [-0.2, -0.15) is 5.26 Å². The molecule has 0 radical (unpaired) electrons. The zero-order chi connectivity index (χ0) is 26.4. The number of anilines is 1. The maximum Gasteiger partial charge on any atom is 0.238 e. The second-order valence-electron chi connectivity index (χ2n) is 7.85. The Morgan fingerprint density at radius 3 is 2.30 bits per heavy atom. The predicted octanol–water partition coefficient (Wildman–Crippen LogP) is 4.67. The van der Waals surface area contributed by atoms with Gasteiger partial charge in [0.1, 0.15) is 16.8 Å². The number of hydrogen-bond donors (Lipinski definition) is 2. The highest BCUT2D eigenvalue weighted by Gasteiger charge is 2.17. The van der Waals surface area contributed by atoms with E-state index in [1.165, 1.54) is 24.3 Å². The number of carbonyl (C=O) groups excluding carboxylic acids is 1. The van der Waals surface area contributed by atoms with E-state index in [4.69, 9.17) is 14.9 Å². The summed E-state index contributed by atoms with van der Waals surface area (Å²) >= 11 is 1.15. The van der Waals surface area contributed by atoms with Gasteiger partial charge in [0.05, 0.1) is 29.0 Å². The fraction of sp³-hybridized carbons (Fsp3) is 0.0741. The van der Waals surface area contributed by atoms with E-state index in [1.807, 2.05) is 60.7 Å². The van der Waals surface area contributed by atoms with Gasteiger partial charge in [-0.1, -0.05) is 54.2 Å². The Bertz CT molecular complexity index is 1570. The molecule has 10 heteroatoms. The highest BCUT2D eigenvalue weighted by Crippen LogP contribution is 2.35. The molecule has 186 valence electrons. The number of thioether (sulfide) groups is 1. The first-order valence-corrected chi connectivity index (χ1v) is 13.5. The number of nitrogens with two attached hydrogens (primary N) is 1. The van der Waals surface area contributed by atoms with E-state index in [2.05, 4.69) is 11.4 Å². The molecule has 0 unspecified atom stereocenters. The summed E-state index contributed by atoms with van der Waals surface area (Å²) in [6.45, 7) is 0. The molecule has 1 aromatic heterocycles. The maximum absolute atomic E-state index is 12.6. The van der Waals surface area contributed by atoms with Crippen molar-refractivity contribution in [3.63, 3.8) is 0 Å². The van der Waals surface area contributed by atoms with Crippen LogP contribution in [0.3, 0.4) is 0 Å². The highest BCUT2D eigenvalue weighted by molar-refractivity contribution is 8.00. The summed E-state index contributed by atoms with van der Waals surface area (Å²) in [5, 5.41) is 18.3. The van der Waals surface area contributed by atoms with Gasteiger partial charge in [-0.15, -0.1) is 0 Å². The van der Waals surface area contributed by atoms with E-state index >= 15 is 0 Å². The molecule has 0 aliphatic carbocycles. The average Bonchev–Trinajstić information content (AvgIpc) is 2.91. The Labute approximate surface area is 219 Å². The lowest BCUT2D eigenvalue weighted by molar-refractivity contribution is -0.113. The number of rotatable bonds is 8. The molecular formula is C27H22N4O4S2. The van der Waals surface area contributed by atoms with Gasteiger partial charge in [-0.25, -0.2) is 18.5 Å². The van der Waals surface area contributed by atoms with Crippen molar-refractivity contribution in [2.24, 2.45) is 5.14 Å². The number of nitriles is 1. The van der Waals surface area contributed by atoms with Crippen LogP contribution in [0, 0.1) is 11.3 Å². The number of ether oxygens (including phenoxy) is 1. The molecule has 1 amide bonds. The standard InChI is InChI=1S/C27H22N4O4S2/c1-35-21-11-7-18(8-12-21)23-15-25(19-5-3-2-4-6-19)31-27(24(23)16-28)36-17-26(32)30-20-9-13-22(14-10-20)37(29,33)34/h2-15H,17H2,1H3,(H,30,32)(H2,29,33,34). The third-order valence-corrected chi connectivity index (χ3v) is 7.28. The number of nitrogens with zero attached hydrogens (tertiary/aromatic N) is 2. The van der Waals surface area contributed by atoms with Crippen LogP contribution in [0.2, 0.25) is 0 Å². The van der Waals surface area contributed by atoms with Crippen LogP contribution in [0.1, 0.15) is 5.56 Å². The minimum Gasteiger partial charge on any atom is -0.497 e. The summed E-state index contributed by atoms with van der Waals surface area (Å²) in [7, 11) is -2.24. The summed E-state index contributed by atoms with van der Waals surface area (Å²) in [6.07, 6.45) is 0. The van der Waals surface area contributed by atoms with Crippen molar-refractivity contribution in [3.05, 3.63) is 90.5 Å². The third kappa shape index (κ3) is 6.34. The van der Waals surface area contributed by atoms with Crippen LogP contribution in [0.25, 0.3) is 22.4 Å². The number of amides is 1. The third-order valence-electron chi connectivity index (χ3n) is 5.38. The lowest BCUT2D eigenvalue weighted by Crippen LogP contribution is -2.15. The first kappa shape index (κ1) is 25.9. The normalized spacial score (nSPS) is 10.9. The van der Waals surface area contributed by atoms with E-state index in [0.717, 1.165) is 22.9 Å². The summed E-state index contributed by atoms with van der Waals surface area (Å²) in [4.78, 5) is 17.3. The topological polar surface area (TPSA) is 135 Å². The van der Waals surface area contributed by atoms with Gasteiger partial charge >= 0.3 is 0 Å². The van der Waals surface area contributed by atoms with E-state index in [-0.39, 0.29) is 16.6 Å². The molecule has 3 N–H and O–H groups in total. The molecule has 0 saturated carbocycles. The maximum atomic E-state index is 12.6. The molecule has 0 bridgehead atoms. The quantitative estimate of drug-likeness (QED) is 0.316. The van der Waals surface area contributed by atoms with Crippen molar-refractivity contribution in [3.8, 4) is 34.2 Å². The molecule has 4 rings (SSSR count). The Kier molecular flexibility index (Phi) is 7.89. The second-order valence-corrected chi connectivity index (χ2v) is 10.4. The van der Waals surface area contributed by atoms with Crippen molar-refractivity contribution in [1.29, 1.82) is 5.26 Å². The smallest absolute Gasteiger partial charge is 0.238 e. The van der Waals surface area contributed by atoms with Gasteiger partial charge in [-0.3, -0.25) is 4.79 Å². The predicted molar refractivity (Wildman–Crippen MR) is 144 cm³/mol. The molecule has 0 atom stereocenters. The summed E-state index contributed by atoms with van der Waals surface area (Å²) in [5.74, 6) is 0.344. The van der Waals surface area contributed by atoms with Crippen molar-refractivity contribution in [2.75, 3.05) is 18.2 Å². The summed E-state index contributed by atoms with van der Waals surface area (Å²) < 4.78 is 28.1. The molecule has 0 saturated heterocycles. The average molecular weight is 531 g/mol. The molecule has 3 aromatic carbocycles. The number of carbonyl (C=O) groups is 1. The van der Waals surface area contributed by atoms with Crippen LogP contribution < -0.4 is 15.2 Å². The first-order valence-electron chi connectivity index (χ1n) is 11.0. The molecule has 0 fully saturated rings. The van der Waals surface area contributed by atoms with Gasteiger partial charge in [-0.05, 0) is 48.0 Å². The number of pyridine rings is 1. The van der Waals surface area contributed by atoms with Gasteiger partial charge in [0, 0.05) is 16.8 Å². The highest BCUT2D eigenvalue weighted by atomic mass is 32.2. The molecule has 4 aromatic rings. The van der Waals surface area contributed by atoms with Crippen LogP contribution in [-0.4, -0.2) is 32.2 Å². The monoisotopic (exact) mass is 530 g/mol. The molecule has 1 heterocycles. The van der Waals surface area contributed by atoms with Crippen LogP contribution >= 0.6 is 11.8 Å². The van der Waals surface area contributed by atoms with Crippen molar-refractivity contribution < 1.29 is 17.9 Å². The number of aromatic nitrogens is 1.